The third-order valence-electron chi connectivity index (χ3n) is 3.20. The molecule has 0 aliphatic heterocycles. The Bertz CT molecular complexity index is 932. The standard InChI is InChI=1S/C16H12N4OS3/c1-10-6-11(24-8-17)2-3-13(10)20-14(21)7-23-16-12-4-5-22-15(12)18-9-19-16/h2-6,9H,7H2,1H3,(H,20,21). The molecule has 8 heteroatoms. The number of carbonyl (C=O) groups excluding carboxylic acids is 1. The van der Waals surface area contributed by atoms with Crippen LogP contribution in [-0.2, 0) is 4.79 Å². The third kappa shape index (κ3) is 3.87. The maximum Gasteiger partial charge on any atom is 0.234 e. The van der Waals surface area contributed by atoms with E-state index in [1.165, 1.54) is 18.1 Å². The van der Waals surface area contributed by atoms with Gasteiger partial charge in [-0.05, 0) is 53.9 Å². The van der Waals surface area contributed by atoms with E-state index in [2.05, 4.69) is 15.3 Å². The minimum absolute atomic E-state index is 0.0919. The molecule has 3 aromatic rings. The lowest BCUT2D eigenvalue weighted by atomic mass is 10.2. The zero-order chi connectivity index (χ0) is 16.9. The number of benzene rings is 1. The van der Waals surface area contributed by atoms with Gasteiger partial charge in [-0.1, -0.05) is 11.8 Å². The van der Waals surface area contributed by atoms with E-state index in [0.29, 0.717) is 0 Å². The summed E-state index contributed by atoms with van der Waals surface area (Å²) in [5.74, 6) is 0.182. The van der Waals surface area contributed by atoms with Crippen LogP contribution >= 0.6 is 34.9 Å². The highest BCUT2D eigenvalue weighted by Crippen LogP contribution is 2.28. The molecule has 120 valence electrons. The van der Waals surface area contributed by atoms with E-state index in [-0.39, 0.29) is 11.7 Å². The van der Waals surface area contributed by atoms with Crippen molar-refractivity contribution in [1.82, 2.24) is 9.97 Å². The van der Waals surface area contributed by atoms with Gasteiger partial charge in [-0.2, -0.15) is 5.26 Å². The van der Waals surface area contributed by atoms with Crippen molar-refractivity contribution in [2.75, 3.05) is 11.1 Å². The number of thiophene rings is 1. The summed E-state index contributed by atoms with van der Waals surface area (Å²) in [6, 6.07) is 7.49. The van der Waals surface area contributed by atoms with Crippen molar-refractivity contribution in [2.24, 2.45) is 0 Å². The molecule has 0 spiro atoms. The first-order valence-corrected chi connectivity index (χ1v) is 9.63. The third-order valence-corrected chi connectivity index (χ3v) is 5.61. The molecule has 0 bridgehead atoms. The number of nitrogens with one attached hydrogen (secondary N) is 1. The molecule has 2 heterocycles. The number of aromatic nitrogens is 2. The number of amides is 1. The fraction of sp³-hybridized carbons (Fsp3) is 0.125. The van der Waals surface area contributed by atoms with Crippen LogP contribution in [0.25, 0.3) is 10.2 Å². The molecule has 1 N–H and O–H groups in total. The van der Waals surface area contributed by atoms with Gasteiger partial charge in [-0.3, -0.25) is 4.79 Å². The summed E-state index contributed by atoms with van der Waals surface area (Å²) in [4.78, 5) is 22.4. The van der Waals surface area contributed by atoms with E-state index in [1.807, 2.05) is 42.0 Å². The Morgan fingerprint density at radius 2 is 2.25 bits per heavy atom. The molecule has 0 radical (unpaired) electrons. The molecule has 0 fully saturated rings. The van der Waals surface area contributed by atoms with Crippen LogP contribution in [0.1, 0.15) is 5.56 Å². The molecule has 0 aliphatic carbocycles. The first kappa shape index (κ1) is 16.8. The number of nitrogens with zero attached hydrogens (tertiary/aromatic N) is 3. The highest BCUT2D eigenvalue weighted by molar-refractivity contribution is 8.03. The number of fused-ring (bicyclic) bond motifs is 1. The largest absolute Gasteiger partial charge is 0.325 e. The minimum Gasteiger partial charge on any atom is -0.325 e. The van der Waals surface area contributed by atoms with Crippen LogP contribution < -0.4 is 5.32 Å². The Morgan fingerprint density at radius 1 is 1.38 bits per heavy atom. The van der Waals surface area contributed by atoms with Gasteiger partial charge in [0.25, 0.3) is 0 Å². The molecule has 2 aromatic heterocycles. The molecule has 24 heavy (non-hydrogen) atoms. The molecule has 1 amide bonds. The molecule has 0 unspecified atom stereocenters. The number of aryl methyl sites for hydroxylation is 1. The molecule has 1 aromatic carbocycles. The Hall–Kier alpha value is -2.08. The maximum atomic E-state index is 12.2. The highest BCUT2D eigenvalue weighted by atomic mass is 32.2. The summed E-state index contributed by atoms with van der Waals surface area (Å²) in [5, 5.41) is 17.4. The number of thioether (sulfide) groups is 2. The fourth-order valence-electron chi connectivity index (χ4n) is 2.10. The molecule has 3 rings (SSSR count). The lowest BCUT2D eigenvalue weighted by Gasteiger charge is -2.09. The van der Waals surface area contributed by atoms with Crippen LogP contribution in [0.15, 0.2) is 45.9 Å². The summed E-state index contributed by atoms with van der Waals surface area (Å²) >= 11 is 4.05. The fourth-order valence-corrected chi connectivity index (χ4v) is 4.15. The summed E-state index contributed by atoms with van der Waals surface area (Å²) in [6.45, 7) is 1.91. The lowest BCUT2D eigenvalue weighted by Crippen LogP contribution is -2.15. The van der Waals surface area contributed by atoms with Crippen molar-refractivity contribution in [3.63, 3.8) is 0 Å². The van der Waals surface area contributed by atoms with Crippen LogP contribution in [-0.4, -0.2) is 21.6 Å². The first-order chi connectivity index (χ1) is 11.7. The summed E-state index contributed by atoms with van der Waals surface area (Å²) in [7, 11) is 0. The molecule has 0 aliphatic rings. The molecule has 0 atom stereocenters. The van der Waals surface area contributed by atoms with Crippen molar-refractivity contribution in [2.45, 2.75) is 16.8 Å². The van der Waals surface area contributed by atoms with Crippen molar-refractivity contribution in [1.29, 1.82) is 5.26 Å². The van der Waals surface area contributed by atoms with E-state index < -0.39 is 0 Å². The van der Waals surface area contributed by atoms with Gasteiger partial charge in [-0.25, -0.2) is 9.97 Å². The van der Waals surface area contributed by atoms with Gasteiger partial charge in [0, 0.05) is 16.0 Å². The minimum atomic E-state index is -0.0919. The Balaban J connectivity index is 1.64. The van der Waals surface area contributed by atoms with Crippen LogP contribution in [0.5, 0.6) is 0 Å². The Labute approximate surface area is 151 Å². The van der Waals surface area contributed by atoms with Gasteiger partial charge in [-0.15, -0.1) is 11.3 Å². The molecule has 0 saturated carbocycles. The summed E-state index contributed by atoms with van der Waals surface area (Å²) in [6.07, 6.45) is 1.52. The number of hydrogen-bond acceptors (Lipinski definition) is 7. The molecule has 5 nitrogen and oxygen atoms in total. The van der Waals surface area contributed by atoms with E-state index in [9.17, 15) is 4.79 Å². The lowest BCUT2D eigenvalue weighted by molar-refractivity contribution is -0.113. The predicted molar refractivity (Wildman–Crippen MR) is 99.4 cm³/mol. The predicted octanol–water partition coefficient (Wildman–Crippen LogP) is 4.30. The number of nitriles is 1. The number of anilines is 1. The highest BCUT2D eigenvalue weighted by Gasteiger charge is 2.10. The number of carbonyl (C=O) groups is 1. The van der Waals surface area contributed by atoms with Gasteiger partial charge in [0.1, 0.15) is 21.6 Å². The summed E-state index contributed by atoms with van der Waals surface area (Å²) in [5.41, 5.74) is 1.68. The van der Waals surface area contributed by atoms with Gasteiger partial charge < -0.3 is 5.32 Å². The van der Waals surface area contributed by atoms with Crippen LogP contribution in [0.3, 0.4) is 0 Å². The second-order valence-corrected chi connectivity index (χ2v) is 7.54. The summed E-state index contributed by atoms with van der Waals surface area (Å²) < 4.78 is 0. The topological polar surface area (TPSA) is 78.7 Å². The van der Waals surface area contributed by atoms with Crippen LogP contribution in [0, 0.1) is 17.6 Å². The quantitative estimate of drug-likeness (QED) is 0.409. The molecular formula is C16H12N4OS3. The van der Waals surface area contributed by atoms with E-state index in [4.69, 9.17) is 5.26 Å². The number of thiocyanates is 1. The molecular weight excluding hydrogens is 360 g/mol. The normalized spacial score (nSPS) is 10.5. The maximum absolute atomic E-state index is 12.2. The van der Waals surface area contributed by atoms with Gasteiger partial charge in [0.2, 0.25) is 5.91 Å². The Kier molecular flexibility index (Phi) is 5.35. The zero-order valence-corrected chi connectivity index (χ0v) is 15.1. The van der Waals surface area contributed by atoms with Crippen LogP contribution in [0.4, 0.5) is 5.69 Å². The van der Waals surface area contributed by atoms with E-state index in [0.717, 1.165) is 43.2 Å². The monoisotopic (exact) mass is 372 g/mol. The SMILES string of the molecule is Cc1cc(SC#N)ccc1NC(=O)CSc1ncnc2sccc12. The van der Waals surface area contributed by atoms with Gasteiger partial charge in [0.05, 0.1) is 5.75 Å². The van der Waals surface area contributed by atoms with E-state index >= 15 is 0 Å². The Morgan fingerprint density at radius 3 is 3.04 bits per heavy atom. The zero-order valence-electron chi connectivity index (χ0n) is 12.6. The van der Waals surface area contributed by atoms with Gasteiger partial charge in [0.15, 0.2) is 0 Å². The van der Waals surface area contributed by atoms with E-state index in [1.54, 1.807) is 11.3 Å². The second kappa shape index (κ2) is 7.66. The smallest absolute Gasteiger partial charge is 0.234 e. The van der Waals surface area contributed by atoms with Gasteiger partial charge >= 0.3 is 0 Å². The first-order valence-electron chi connectivity index (χ1n) is 6.95. The number of hydrogen-bond donors (Lipinski definition) is 1. The molecule has 0 saturated heterocycles. The van der Waals surface area contributed by atoms with Crippen molar-refractivity contribution >= 4 is 56.7 Å². The van der Waals surface area contributed by atoms with Crippen molar-refractivity contribution < 1.29 is 4.79 Å². The number of rotatable bonds is 5. The average Bonchev–Trinajstić information content (AvgIpc) is 3.05. The second-order valence-electron chi connectivity index (χ2n) is 4.83. The average molecular weight is 373 g/mol. The van der Waals surface area contributed by atoms with Crippen LogP contribution in [0.2, 0.25) is 0 Å². The van der Waals surface area contributed by atoms with Crippen molar-refractivity contribution in [3.8, 4) is 5.40 Å². The van der Waals surface area contributed by atoms with Crippen molar-refractivity contribution in [3.05, 3.63) is 41.5 Å².